The van der Waals surface area contributed by atoms with Gasteiger partial charge in [0, 0.05) is 6.61 Å². The molecule has 1 saturated carbocycles. The van der Waals surface area contributed by atoms with Gasteiger partial charge in [-0.25, -0.2) is 0 Å². The minimum atomic E-state index is -0.870. The fourth-order valence-corrected chi connectivity index (χ4v) is 2.94. The zero-order valence-corrected chi connectivity index (χ0v) is 12.6. The molecular weight excluding hydrogens is 242 g/mol. The maximum Gasteiger partial charge on any atom is 0.323 e. The molecule has 19 heavy (non-hydrogen) atoms. The zero-order chi connectivity index (χ0) is 14.3. The van der Waals surface area contributed by atoms with Gasteiger partial charge in [-0.1, -0.05) is 33.1 Å². The highest BCUT2D eigenvalue weighted by atomic mass is 16.5. The highest BCUT2D eigenvalue weighted by Gasteiger charge is 2.32. The van der Waals surface area contributed by atoms with Gasteiger partial charge in [-0.05, 0) is 38.6 Å². The molecule has 0 aromatic heterocycles. The molecule has 0 spiro atoms. The Kier molecular flexibility index (Phi) is 6.80. The number of rotatable bonds is 8. The number of aliphatic carboxylic acids is 1. The van der Waals surface area contributed by atoms with Crippen LogP contribution in [0.15, 0.2) is 0 Å². The SMILES string of the molecule is CCNC(C)(CCOC1CCCCC1CC)C(=O)O. The molecular formula is C15H29NO3. The van der Waals surface area contributed by atoms with Crippen LogP contribution in [0.25, 0.3) is 0 Å². The number of carboxylic acids is 1. The number of hydrogen-bond donors (Lipinski definition) is 2. The van der Waals surface area contributed by atoms with Crippen LogP contribution >= 0.6 is 0 Å². The fourth-order valence-electron chi connectivity index (χ4n) is 2.94. The standard InChI is InChI=1S/C15H29NO3/c1-4-12-8-6-7-9-13(12)19-11-10-15(3,14(17)18)16-5-2/h12-13,16H,4-11H2,1-3H3,(H,17,18). The van der Waals surface area contributed by atoms with Crippen molar-refractivity contribution >= 4 is 5.97 Å². The Morgan fingerprint density at radius 1 is 1.37 bits per heavy atom. The molecule has 0 heterocycles. The Hall–Kier alpha value is -0.610. The van der Waals surface area contributed by atoms with E-state index in [2.05, 4.69) is 12.2 Å². The molecule has 4 heteroatoms. The van der Waals surface area contributed by atoms with Crippen LogP contribution < -0.4 is 5.32 Å². The number of carboxylic acid groups (broad SMARTS) is 1. The van der Waals surface area contributed by atoms with Gasteiger partial charge >= 0.3 is 5.97 Å². The predicted molar refractivity (Wildman–Crippen MR) is 76.3 cm³/mol. The van der Waals surface area contributed by atoms with Crippen LogP contribution in [0.5, 0.6) is 0 Å². The summed E-state index contributed by atoms with van der Waals surface area (Å²) in [4.78, 5) is 11.3. The van der Waals surface area contributed by atoms with E-state index >= 15 is 0 Å². The lowest BCUT2D eigenvalue weighted by Gasteiger charge is -2.32. The van der Waals surface area contributed by atoms with Gasteiger partial charge in [-0.2, -0.15) is 0 Å². The summed E-state index contributed by atoms with van der Waals surface area (Å²) in [5, 5.41) is 12.3. The quantitative estimate of drug-likeness (QED) is 0.712. The number of carbonyl (C=O) groups is 1. The maximum atomic E-state index is 11.3. The molecule has 2 N–H and O–H groups in total. The smallest absolute Gasteiger partial charge is 0.323 e. The number of nitrogens with one attached hydrogen (secondary N) is 1. The van der Waals surface area contributed by atoms with Gasteiger partial charge in [0.15, 0.2) is 0 Å². The van der Waals surface area contributed by atoms with Crippen molar-refractivity contribution in [2.75, 3.05) is 13.2 Å². The summed E-state index contributed by atoms with van der Waals surface area (Å²) >= 11 is 0. The van der Waals surface area contributed by atoms with Gasteiger partial charge in [0.1, 0.15) is 5.54 Å². The molecule has 0 amide bonds. The lowest BCUT2D eigenvalue weighted by molar-refractivity contribution is -0.145. The largest absolute Gasteiger partial charge is 0.480 e. The van der Waals surface area contributed by atoms with E-state index in [1.807, 2.05) is 6.92 Å². The average Bonchev–Trinajstić information content (AvgIpc) is 2.39. The van der Waals surface area contributed by atoms with E-state index in [9.17, 15) is 9.90 Å². The molecule has 0 radical (unpaired) electrons. The number of ether oxygens (including phenoxy) is 1. The van der Waals surface area contributed by atoms with Crippen LogP contribution in [-0.4, -0.2) is 35.9 Å². The van der Waals surface area contributed by atoms with E-state index in [0.717, 1.165) is 12.8 Å². The van der Waals surface area contributed by atoms with Gasteiger partial charge in [-0.15, -0.1) is 0 Å². The first-order chi connectivity index (χ1) is 9.03. The molecule has 3 unspecified atom stereocenters. The summed E-state index contributed by atoms with van der Waals surface area (Å²) in [6, 6.07) is 0. The Morgan fingerprint density at radius 3 is 2.63 bits per heavy atom. The summed E-state index contributed by atoms with van der Waals surface area (Å²) < 4.78 is 5.98. The van der Waals surface area contributed by atoms with Crippen LogP contribution in [0.2, 0.25) is 0 Å². The van der Waals surface area contributed by atoms with Crippen LogP contribution in [-0.2, 0) is 9.53 Å². The zero-order valence-electron chi connectivity index (χ0n) is 12.6. The van der Waals surface area contributed by atoms with Crippen molar-refractivity contribution in [3.8, 4) is 0 Å². The monoisotopic (exact) mass is 271 g/mol. The topological polar surface area (TPSA) is 58.6 Å². The second-order valence-electron chi connectivity index (χ2n) is 5.78. The molecule has 0 saturated heterocycles. The van der Waals surface area contributed by atoms with Crippen LogP contribution in [0, 0.1) is 5.92 Å². The first kappa shape index (κ1) is 16.4. The molecule has 4 nitrogen and oxygen atoms in total. The molecule has 0 bridgehead atoms. The summed E-state index contributed by atoms with van der Waals surface area (Å²) in [6.07, 6.45) is 6.94. The van der Waals surface area contributed by atoms with Crippen molar-refractivity contribution in [3.63, 3.8) is 0 Å². The van der Waals surface area contributed by atoms with Crippen LogP contribution in [0.3, 0.4) is 0 Å². The van der Waals surface area contributed by atoms with Crippen molar-refractivity contribution in [3.05, 3.63) is 0 Å². The van der Waals surface area contributed by atoms with Gasteiger partial charge < -0.3 is 15.2 Å². The number of likely N-dealkylation sites (N-methyl/N-ethyl adjacent to an activating group) is 1. The van der Waals surface area contributed by atoms with Gasteiger partial charge in [0.2, 0.25) is 0 Å². The summed E-state index contributed by atoms with van der Waals surface area (Å²) in [5.41, 5.74) is -0.870. The van der Waals surface area contributed by atoms with Crippen molar-refractivity contribution in [1.82, 2.24) is 5.32 Å². The van der Waals surface area contributed by atoms with E-state index in [-0.39, 0.29) is 0 Å². The summed E-state index contributed by atoms with van der Waals surface area (Å²) in [6.45, 7) is 7.06. The predicted octanol–water partition coefficient (Wildman–Crippen LogP) is 2.81. The minimum absolute atomic E-state index is 0.332. The highest BCUT2D eigenvalue weighted by Crippen LogP contribution is 2.29. The van der Waals surface area contributed by atoms with E-state index in [4.69, 9.17) is 4.74 Å². The van der Waals surface area contributed by atoms with E-state index in [1.54, 1.807) is 6.92 Å². The van der Waals surface area contributed by atoms with Crippen molar-refractivity contribution < 1.29 is 14.6 Å². The molecule has 3 atom stereocenters. The summed E-state index contributed by atoms with van der Waals surface area (Å²) in [7, 11) is 0. The normalized spacial score (nSPS) is 26.9. The van der Waals surface area contributed by atoms with Crippen molar-refractivity contribution in [2.45, 2.75) is 70.9 Å². The van der Waals surface area contributed by atoms with Crippen LogP contribution in [0.1, 0.15) is 59.3 Å². The lowest BCUT2D eigenvalue weighted by atomic mass is 9.84. The molecule has 112 valence electrons. The Labute approximate surface area is 116 Å². The Bertz CT molecular complexity index is 283. The summed E-state index contributed by atoms with van der Waals surface area (Å²) in [5.74, 6) is -0.141. The molecule has 1 rings (SSSR count). The van der Waals surface area contributed by atoms with Crippen molar-refractivity contribution in [2.24, 2.45) is 5.92 Å². The van der Waals surface area contributed by atoms with Gasteiger partial charge in [0.25, 0.3) is 0 Å². The molecule has 0 aliphatic heterocycles. The molecule has 1 aliphatic rings. The average molecular weight is 271 g/mol. The van der Waals surface area contributed by atoms with E-state index < -0.39 is 11.5 Å². The minimum Gasteiger partial charge on any atom is -0.480 e. The Morgan fingerprint density at radius 2 is 2.05 bits per heavy atom. The maximum absolute atomic E-state index is 11.3. The van der Waals surface area contributed by atoms with Gasteiger partial charge in [0.05, 0.1) is 6.10 Å². The second kappa shape index (κ2) is 7.85. The first-order valence-corrected chi connectivity index (χ1v) is 7.63. The highest BCUT2D eigenvalue weighted by molar-refractivity contribution is 5.78. The van der Waals surface area contributed by atoms with Crippen molar-refractivity contribution in [1.29, 1.82) is 0 Å². The third-order valence-electron chi connectivity index (χ3n) is 4.34. The Balaban J connectivity index is 2.40. The lowest BCUT2D eigenvalue weighted by Crippen LogP contribution is -2.50. The molecule has 1 aliphatic carbocycles. The number of hydrogen-bond acceptors (Lipinski definition) is 3. The molecule has 1 fully saturated rings. The third-order valence-corrected chi connectivity index (χ3v) is 4.34. The molecule has 0 aromatic carbocycles. The fraction of sp³-hybridized carbons (Fsp3) is 0.933. The third kappa shape index (κ3) is 4.77. The second-order valence-corrected chi connectivity index (χ2v) is 5.78. The first-order valence-electron chi connectivity index (χ1n) is 7.63. The van der Waals surface area contributed by atoms with Gasteiger partial charge in [-0.3, -0.25) is 4.79 Å². The molecule has 0 aromatic rings. The van der Waals surface area contributed by atoms with E-state index in [0.29, 0.717) is 31.6 Å². The van der Waals surface area contributed by atoms with Crippen LogP contribution in [0.4, 0.5) is 0 Å². The van der Waals surface area contributed by atoms with E-state index in [1.165, 1.54) is 19.3 Å².